The van der Waals surface area contributed by atoms with Crippen molar-refractivity contribution in [2.24, 2.45) is 5.73 Å². The van der Waals surface area contributed by atoms with E-state index in [2.05, 4.69) is 24.0 Å². The summed E-state index contributed by atoms with van der Waals surface area (Å²) < 4.78 is 10.9. The molecular formula is C15H21N3O2. The van der Waals surface area contributed by atoms with Crippen LogP contribution in [0.2, 0.25) is 0 Å². The first-order valence-corrected chi connectivity index (χ1v) is 7.03. The fraction of sp³-hybridized carbons (Fsp3) is 0.467. The predicted octanol–water partition coefficient (Wildman–Crippen LogP) is 3.01. The monoisotopic (exact) mass is 275 g/mol. The number of hydrogen-bond acceptors (Lipinski definition) is 5. The third kappa shape index (κ3) is 3.57. The standard InChI is InChI=1S/C15H21N3O2/c1-3-7-15-17-14(18-20-15)10-19-13-9-6-5-8-11(13)12(16)4-2/h5-6,8-9,12H,3-4,7,10,16H2,1-2H3/t12-/m1/s1. The fourth-order valence-corrected chi connectivity index (χ4v) is 1.94. The molecule has 0 saturated heterocycles. The second-order valence-corrected chi connectivity index (χ2v) is 4.70. The van der Waals surface area contributed by atoms with Gasteiger partial charge in [-0.25, -0.2) is 0 Å². The van der Waals surface area contributed by atoms with Gasteiger partial charge in [0.2, 0.25) is 11.7 Å². The van der Waals surface area contributed by atoms with Crippen LogP contribution in [-0.4, -0.2) is 10.1 Å². The summed E-state index contributed by atoms with van der Waals surface area (Å²) in [6.45, 7) is 4.42. The molecule has 0 aliphatic carbocycles. The van der Waals surface area contributed by atoms with Gasteiger partial charge in [0.25, 0.3) is 0 Å². The average Bonchev–Trinajstić information content (AvgIpc) is 2.93. The molecule has 20 heavy (non-hydrogen) atoms. The molecule has 1 atom stereocenters. The summed E-state index contributed by atoms with van der Waals surface area (Å²) in [6, 6.07) is 7.78. The smallest absolute Gasteiger partial charge is 0.226 e. The fourth-order valence-electron chi connectivity index (χ4n) is 1.94. The first-order valence-electron chi connectivity index (χ1n) is 7.03. The van der Waals surface area contributed by atoms with E-state index in [0.717, 1.165) is 30.6 Å². The summed E-state index contributed by atoms with van der Waals surface area (Å²) in [6.07, 6.45) is 2.64. The Morgan fingerprint density at radius 3 is 2.85 bits per heavy atom. The summed E-state index contributed by atoms with van der Waals surface area (Å²) in [5.74, 6) is 2.00. The normalized spacial score (nSPS) is 12.3. The van der Waals surface area contributed by atoms with E-state index in [4.69, 9.17) is 15.0 Å². The van der Waals surface area contributed by atoms with Crippen molar-refractivity contribution in [2.45, 2.75) is 45.8 Å². The van der Waals surface area contributed by atoms with E-state index < -0.39 is 0 Å². The minimum absolute atomic E-state index is 0.0212. The van der Waals surface area contributed by atoms with E-state index in [-0.39, 0.29) is 6.04 Å². The SMILES string of the molecule is CCCc1nc(COc2ccccc2[C@H](N)CC)no1. The number of nitrogens with zero attached hydrogens (tertiary/aromatic N) is 2. The topological polar surface area (TPSA) is 74.2 Å². The maximum atomic E-state index is 6.08. The van der Waals surface area contributed by atoms with E-state index in [1.165, 1.54) is 0 Å². The molecule has 0 aliphatic heterocycles. The molecule has 0 saturated carbocycles. The minimum Gasteiger partial charge on any atom is -0.485 e. The van der Waals surface area contributed by atoms with Crippen LogP contribution in [0.1, 0.15) is 50.0 Å². The van der Waals surface area contributed by atoms with Gasteiger partial charge in [-0.15, -0.1) is 0 Å². The zero-order valence-electron chi connectivity index (χ0n) is 12.0. The van der Waals surface area contributed by atoms with Crippen LogP contribution >= 0.6 is 0 Å². The van der Waals surface area contributed by atoms with Crippen molar-refractivity contribution in [3.63, 3.8) is 0 Å². The zero-order chi connectivity index (χ0) is 14.4. The van der Waals surface area contributed by atoms with Gasteiger partial charge in [-0.1, -0.05) is 37.2 Å². The molecule has 5 nitrogen and oxygen atoms in total. The highest BCUT2D eigenvalue weighted by atomic mass is 16.5. The highest BCUT2D eigenvalue weighted by Gasteiger charge is 2.11. The molecule has 108 valence electrons. The predicted molar refractivity (Wildman–Crippen MR) is 76.3 cm³/mol. The van der Waals surface area contributed by atoms with Crippen molar-refractivity contribution in [3.05, 3.63) is 41.5 Å². The molecule has 2 N–H and O–H groups in total. The summed E-state index contributed by atoms with van der Waals surface area (Å²) in [4.78, 5) is 4.28. The highest BCUT2D eigenvalue weighted by Crippen LogP contribution is 2.25. The molecule has 0 amide bonds. The van der Waals surface area contributed by atoms with Gasteiger partial charge in [-0.2, -0.15) is 4.98 Å². The van der Waals surface area contributed by atoms with E-state index in [1.54, 1.807) is 0 Å². The lowest BCUT2D eigenvalue weighted by Gasteiger charge is -2.14. The van der Waals surface area contributed by atoms with E-state index in [1.807, 2.05) is 24.3 Å². The molecule has 0 aliphatic rings. The maximum Gasteiger partial charge on any atom is 0.226 e. The molecule has 5 heteroatoms. The van der Waals surface area contributed by atoms with Crippen LogP contribution in [0.5, 0.6) is 5.75 Å². The van der Waals surface area contributed by atoms with Crippen molar-refractivity contribution in [1.82, 2.24) is 10.1 Å². The number of benzene rings is 1. The van der Waals surface area contributed by atoms with Crippen molar-refractivity contribution in [3.8, 4) is 5.75 Å². The third-order valence-corrected chi connectivity index (χ3v) is 3.09. The molecule has 2 rings (SSSR count). The molecule has 0 bridgehead atoms. The summed E-state index contributed by atoms with van der Waals surface area (Å²) in [5, 5.41) is 3.90. The lowest BCUT2D eigenvalue weighted by atomic mass is 10.0. The van der Waals surface area contributed by atoms with E-state index in [9.17, 15) is 0 Å². The van der Waals surface area contributed by atoms with Gasteiger partial charge in [-0.05, 0) is 18.9 Å². The minimum atomic E-state index is -0.0212. The molecule has 0 unspecified atom stereocenters. The number of aromatic nitrogens is 2. The van der Waals surface area contributed by atoms with E-state index in [0.29, 0.717) is 18.3 Å². The van der Waals surface area contributed by atoms with Crippen LogP contribution < -0.4 is 10.5 Å². The van der Waals surface area contributed by atoms with Gasteiger partial charge < -0.3 is 15.0 Å². The third-order valence-electron chi connectivity index (χ3n) is 3.09. The summed E-state index contributed by atoms with van der Waals surface area (Å²) >= 11 is 0. The van der Waals surface area contributed by atoms with Crippen LogP contribution in [0.15, 0.2) is 28.8 Å². The Labute approximate surface area is 119 Å². The molecule has 0 fully saturated rings. The first-order chi connectivity index (χ1) is 9.74. The molecule has 0 radical (unpaired) electrons. The Kier molecular flexibility index (Phi) is 5.12. The second-order valence-electron chi connectivity index (χ2n) is 4.70. The lowest BCUT2D eigenvalue weighted by molar-refractivity contribution is 0.281. The molecule has 2 aromatic rings. The Morgan fingerprint density at radius 1 is 1.30 bits per heavy atom. The second kappa shape index (κ2) is 7.05. The Hall–Kier alpha value is -1.88. The van der Waals surface area contributed by atoms with Crippen molar-refractivity contribution in [2.75, 3.05) is 0 Å². The summed E-state index contributed by atoms with van der Waals surface area (Å²) in [5.41, 5.74) is 7.08. The number of para-hydroxylation sites is 1. The van der Waals surface area contributed by atoms with Crippen LogP contribution in [0.25, 0.3) is 0 Å². The van der Waals surface area contributed by atoms with Crippen LogP contribution in [-0.2, 0) is 13.0 Å². The Morgan fingerprint density at radius 2 is 2.10 bits per heavy atom. The Balaban J connectivity index is 2.02. The number of hydrogen-bond donors (Lipinski definition) is 1. The van der Waals surface area contributed by atoms with Crippen molar-refractivity contribution >= 4 is 0 Å². The van der Waals surface area contributed by atoms with Crippen LogP contribution in [0.4, 0.5) is 0 Å². The largest absolute Gasteiger partial charge is 0.485 e. The van der Waals surface area contributed by atoms with Gasteiger partial charge in [0, 0.05) is 18.0 Å². The number of rotatable bonds is 7. The van der Waals surface area contributed by atoms with Gasteiger partial charge in [0.15, 0.2) is 6.61 Å². The number of ether oxygens (including phenoxy) is 1. The summed E-state index contributed by atoms with van der Waals surface area (Å²) in [7, 11) is 0. The molecule has 1 aromatic carbocycles. The van der Waals surface area contributed by atoms with Crippen LogP contribution in [0.3, 0.4) is 0 Å². The van der Waals surface area contributed by atoms with Gasteiger partial charge in [0.05, 0.1) is 0 Å². The zero-order valence-corrected chi connectivity index (χ0v) is 12.0. The highest BCUT2D eigenvalue weighted by molar-refractivity contribution is 5.35. The van der Waals surface area contributed by atoms with Gasteiger partial charge in [0.1, 0.15) is 5.75 Å². The van der Waals surface area contributed by atoms with Crippen LogP contribution in [0, 0.1) is 0 Å². The first kappa shape index (κ1) is 14.5. The van der Waals surface area contributed by atoms with Crippen molar-refractivity contribution < 1.29 is 9.26 Å². The average molecular weight is 275 g/mol. The molecule has 1 aromatic heterocycles. The number of aryl methyl sites for hydroxylation is 1. The quantitative estimate of drug-likeness (QED) is 0.840. The molecular weight excluding hydrogens is 254 g/mol. The molecule has 1 heterocycles. The van der Waals surface area contributed by atoms with Crippen molar-refractivity contribution in [1.29, 1.82) is 0 Å². The molecule has 0 spiro atoms. The Bertz CT molecular complexity index is 539. The van der Waals surface area contributed by atoms with E-state index >= 15 is 0 Å². The number of nitrogens with two attached hydrogens (primary N) is 1. The lowest BCUT2D eigenvalue weighted by Crippen LogP contribution is -2.11. The van der Waals surface area contributed by atoms with Gasteiger partial charge in [-0.3, -0.25) is 0 Å². The maximum absolute atomic E-state index is 6.08. The van der Waals surface area contributed by atoms with Gasteiger partial charge >= 0.3 is 0 Å².